The molecule has 0 radical (unpaired) electrons. The molecule has 1 aliphatic rings. The van der Waals surface area contributed by atoms with Crippen molar-refractivity contribution in [1.82, 2.24) is 20.3 Å². The zero-order valence-electron chi connectivity index (χ0n) is 21.9. The Hall–Kier alpha value is -5.26. The van der Waals surface area contributed by atoms with Crippen molar-refractivity contribution in [2.45, 2.75) is 19.4 Å². The number of aromatic nitrogens is 3. The van der Waals surface area contributed by atoms with Crippen LogP contribution in [0.1, 0.15) is 13.8 Å². The van der Waals surface area contributed by atoms with E-state index in [0.717, 1.165) is 6.20 Å². The second-order valence-electron chi connectivity index (χ2n) is 9.27. The Balaban J connectivity index is 1.45. The molecule has 0 unspecified atom stereocenters. The van der Waals surface area contributed by atoms with Gasteiger partial charge in [0.2, 0.25) is 5.95 Å². The molecule has 2 amide bonds. The maximum absolute atomic E-state index is 14.9. The van der Waals surface area contributed by atoms with Crippen molar-refractivity contribution >= 4 is 40.6 Å². The van der Waals surface area contributed by atoms with Crippen LogP contribution < -0.4 is 30.7 Å². The quantitative estimate of drug-likeness (QED) is 0.255. The van der Waals surface area contributed by atoms with Crippen LogP contribution in [0.15, 0.2) is 67.0 Å². The molecule has 1 aliphatic heterocycles. The Kier molecular flexibility index (Phi) is 7.15. The van der Waals surface area contributed by atoms with E-state index in [-0.39, 0.29) is 30.2 Å². The molecule has 11 nitrogen and oxygen atoms in total. The van der Waals surface area contributed by atoms with Crippen molar-refractivity contribution in [2.24, 2.45) is 0 Å². The number of nitrogens with zero attached hydrogens (tertiary/aromatic N) is 3. The SMILES string of the molecule is CNC(=O)COc1cccc(Nc2ncc(F)c(Nc3ccc4c(c3-c3ccccn3)NC(=O)C(C)(C)O4)n2)c1. The fraction of sp³-hybridized carbons (Fsp3) is 0.179. The largest absolute Gasteiger partial charge is 0.484 e. The van der Waals surface area contributed by atoms with Crippen molar-refractivity contribution in [3.8, 4) is 22.8 Å². The third-order valence-corrected chi connectivity index (χ3v) is 5.97. The van der Waals surface area contributed by atoms with Crippen molar-refractivity contribution in [2.75, 3.05) is 29.6 Å². The average molecular weight is 544 g/mol. The Morgan fingerprint density at radius 2 is 1.95 bits per heavy atom. The second kappa shape index (κ2) is 10.8. The van der Waals surface area contributed by atoms with Gasteiger partial charge in [-0.05, 0) is 50.2 Å². The molecule has 0 bridgehead atoms. The molecule has 2 aromatic carbocycles. The molecule has 0 fully saturated rings. The lowest BCUT2D eigenvalue weighted by molar-refractivity contribution is -0.129. The lowest BCUT2D eigenvalue weighted by Gasteiger charge is -2.33. The van der Waals surface area contributed by atoms with Crippen molar-refractivity contribution in [1.29, 1.82) is 0 Å². The van der Waals surface area contributed by atoms with Crippen LogP contribution in [0.5, 0.6) is 11.5 Å². The number of amides is 2. The summed E-state index contributed by atoms with van der Waals surface area (Å²) >= 11 is 0. The van der Waals surface area contributed by atoms with Crippen LogP contribution in [0.25, 0.3) is 11.3 Å². The third-order valence-electron chi connectivity index (χ3n) is 5.97. The third kappa shape index (κ3) is 5.60. The van der Waals surface area contributed by atoms with Crippen LogP contribution in [-0.2, 0) is 9.59 Å². The lowest BCUT2D eigenvalue weighted by atomic mass is 10.0. The van der Waals surface area contributed by atoms with Gasteiger partial charge in [-0.25, -0.2) is 9.37 Å². The number of halogens is 1. The Labute approximate surface area is 229 Å². The van der Waals surface area contributed by atoms with Gasteiger partial charge in [-0.3, -0.25) is 14.6 Å². The Bertz CT molecular complexity index is 1580. The lowest BCUT2D eigenvalue weighted by Crippen LogP contribution is -2.45. The summed E-state index contributed by atoms with van der Waals surface area (Å²) in [5.74, 6) is -0.364. The number of likely N-dealkylation sites (N-methyl/N-ethyl adjacent to an activating group) is 1. The minimum atomic E-state index is -1.06. The molecule has 2 aromatic heterocycles. The van der Waals surface area contributed by atoms with E-state index >= 15 is 0 Å². The first kappa shape index (κ1) is 26.4. The molecule has 0 aliphatic carbocycles. The summed E-state index contributed by atoms with van der Waals surface area (Å²) in [6.45, 7) is 3.21. The van der Waals surface area contributed by atoms with Gasteiger partial charge in [-0.1, -0.05) is 12.1 Å². The number of hydrogen-bond donors (Lipinski definition) is 4. The highest BCUT2D eigenvalue weighted by Gasteiger charge is 2.37. The highest BCUT2D eigenvalue weighted by molar-refractivity contribution is 6.06. The van der Waals surface area contributed by atoms with E-state index in [0.29, 0.717) is 39.8 Å². The minimum absolute atomic E-state index is 0.106. The summed E-state index contributed by atoms with van der Waals surface area (Å²) in [4.78, 5) is 37.0. The molecule has 0 spiro atoms. The average Bonchev–Trinajstić information content (AvgIpc) is 2.95. The fourth-order valence-electron chi connectivity index (χ4n) is 3.92. The maximum atomic E-state index is 14.9. The molecule has 4 N–H and O–H groups in total. The number of carbonyl (C=O) groups is 2. The zero-order valence-corrected chi connectivity index (χ0v) is 21.9. The van der Waals surface area contributed by atoms with Gasteiger partial charge in [-0.15, -0.1) is 0 Å². The van der Waals surface area contributed by atoms with Gasteiger partial charge >= 0.3 is 0 Å². The molecular weight excluding hydrogens is 517 g/mol. The molecule has 4 aromatic rings. The minimum Gasteiger partial charge on any atom is -0.484 e. The highest BCUT2D eigenvalue weighted by atomic mass is 19.1. The van der Waals surface area contributed by atoms with Crippen LogP contribution in [0.2, 0.25) is 0 Å². The molecule has 3 heterocycles. The maximum Gasteiger partial charge on any atom is 0.268 e. The molecular formula is C28H26FN7O4. The molecule has 204 valence electrons. The molecule has 5 rings (SSSR count). The molecule has 12 heteroatoms. The number of benzene rings is 2. The number of anilines is 5. The molecule has 0 atom stereocenters. The van der Waals surface area contributed by atoms with Crippen LogP contribution >= 0.6 is 0 Å². The van der Waals surface area contributed by atoms with Crippen molar-refractivity contribution < 1.29 is 23.5 Å². The first-order valence-corrected chi connectivity index (χ1v) is 12.3. The van der Waals surface area contributed by atoms with E-state index in [1.54, 1.807) is 74.6 Å². The monoisotopic (exact) mass is 543 g/mol. The van der Waals surface area contributed by atoms with Gasteiger partial charge in [0.15, 0.2) is 23.8 Å². The normalized spacial score (nSPS) is 13.3. The van der Waals surface area contributed by atoms with Crippen molar-refractivity contribution in [3.63, 3.8) is 0 Å². The zero-order chi connectivity index (χ0) is 28.3. The highest BCUT2D eigenvalue weighted by Crippen LogP contribution is 2.45. The number of nitrogens with one attached hydrogen (secondary N) is 4. The van der Waals surface area contributed by atoms with E-state index < -0.39 is 11.4 Å². The van der Waals surface area contributed by atoms with E-state index in [4.69, 9.17) is 9.47 Å². The Morgan fingerprint density at radius 3 is 2.73 bits per heavy atom. The van der Waals surface area contributed by atoms with Gasteiger partial charge < -0.3 is 30.7 Å². The number of rotatable bonds is 8. The van der Waals surface area contributed by atoms with Crippen LogP contribution in [-0.4, -0.2) is 46.0 Å². The summed E-state index contributed by atoms with van der Waals surface area (Å²) in [6.07, 6.45) is 2.66. The van der Waals surface area contributed by atoms with E-state index in [1.807, 2.05) is 0 Å². The second-order valence-corrected chi connectivity index (χ2v) is 9.27. The summed E-state index contributed by atoms with van der Waals surface area (Å²) in [5, 5.41) is 11.4. The topological polar surface area (TPSA) is 139 Å². The summed E-state index contributed by atoms with van der Waals surface area (Å²) in [6, 6.07) is 15.6. The number of pyridine rings is 1. The molecule has 0 saturated carbocycles. The summed E-state index contributed by atoms with van der Waals surface area (Å²) in [7, 11) is 1.52. The first-order chi connectivity index (χ1) is 19.2. The first-order valence-electron chi connectivity index (χ1n) is 12.3. The van der Waals surface area contributed by atoms with E-state index in [2.05, 4.69) is 36.2 Å². The number of carbonyl (C=O) groups excluding carboxylic acids is 2. The predicted octanol–water partition coefficient (Wildman–Crippen LogP) is 4.40. The standard InChI is InChI=1S/C28H26FN7O4/c1-28(2)26(38)35-24-21(40-28)11-10-20(23(24)19-9-4-5-12-31-19)34-25-18(29)14-32-27(36-25)33-16-7-6-8-17(13-16)39-15-22(37)30-3/h4-14H,15H2,1-3H3,(H,30,37)(H,35,38)(H2,32,33,34,36). The van der Waals surface area contributed by atoms with Gasteiger partial charge in [0.25, 0.3) is 11.8 Å². The fourth-order valence-corrected chi connectivity index (χ4v) is 3.92. The molecule has 40 heavy (non-hydrogen) atoms. The smallest absolute Gasteiger partial charge is 0.268 e. The van der Waals surface area contributed by atoms with E-state index in [9.17, 15) is 14.0 Å². The van der Waals surface area contributed by atoms with Crippen LogP contribution in [0, 0.1) is 5.82 Å². The summed E-state index contributed by atoms with van der Waals surface area (Å²) < 4.78 is 26.3. The van der Waals surface area contributed by atoms with Gasteiger partial charge in [0, 0.05) is 25.0 Å². The molecule has 0 saturated heterocycles. The van der Waals surface area contributed by atoms with Gasteiger partial charge in [0.05, 0.1) is 28.8 Å². The van der Waals surface area contributed by atoms with Gasteiger partial charge in [-0.2, -0.15) is 4.98 Å². The van der Waals surface area contributed by atoms with Crippen molar-refractivity contribution in [3.05, 3.63) is 72.8 Å². The van der Waals surface area contributed by atoms with E-state index in [1.165, 1.54) is 7.05 Å². The summed E-state index contributed by atoms with van der Waals surface area (Å²) in [5.41, 5.74) is 1.40. The van der Waals surface area contributed by atoms with Gasteiger partial charge in [0.1, 0.15) is 11.5 Å². The number of fused-ring (bicyclic) bond motifs is 1. The number of hydrogen-bond acceptors (Lipinski definition) is 9. The van der Waals surface area contributed by atoms with Crippen LogP contribution in [0.4, 0.5) is 33.2 Å². The number of ether oxygens (including phenoxy) is 2. The predicted molar refractivity (Wildman–Crippen MR) is 148 cm³/mol. The van der Waals surface area contributed by atoms with Crippen LogP contribution in [0.3, 0.4) is 0 Å². The Morgan fingerprint density at radius 1 is 1.10 bits per heavy atom.